The number of hydrogen-bond donors (Lipinski definition) is 3. The summed E-state index contributed by atoms with van der Waals surface area (Å²) in [6.07, 6.45) is 2.82. The summed E-state index contributed by atoms with van der Waals surface area (Å²) in [5.41, 5.74) is 3.59. The van der Waals surface area contributed by atoms with E-state index in [2.05, 4.69) is 20.9 Å². The van der Waals surface area contributed by atoms with E-state index in [0.717, 1.165) is 47.7 Å². The van der Waals surface area contributed by atoms with Gasteiger partial charge in [0.25, 0.3) is 5.56 Å². The molecule has 0 amide bonds. The molecular formula is C17H17N3O3S. The van der Waals surface area contributed by atoms with Crippen molar-refractivity contribution >= 4 is 18.3 Å². The number of aromatic hydroxyl groups is 1. The number of phenols is 1. The van der Waals surface area contributed by atoms with Gasteiger partial charge in [-0.1, -0.05) is 0 Å². The van der Waals surface area contributed by atoms with Crippen LogP contribution in [0.15, 0.2) is 28.6 Å². The Hall–Kier alpha value is -2.38. The number of aromatic amines is 2. The van der Waals surface area contributed by atoms with E-state index in [1.807, 2.05) is 0 Å². The molecule has 2 aromatic rings. The standard InChI is InChI=1S/C17H17N3O3S/c21-12-1-2-15-11(6-12)5-10(9-23-15)7-20-4-3-14-13(8-20)16(22)19-17(24)18-14/h1-2,5-6,21H,3-4,7-9H2,(H2,18,19,22,24). The number of ether oxygens (including phenoxy) is 1. The maximum Gasteiger partial charge on any atom is 0.256 e. The Labute approximate surface area is 143 Å². The molecule has 6 nitrogen and oxygen atoms in total. The lowest BCUT2D eigenvalue weighted by Crippen LogP contribution is -2.37. The van der Waals surface area contributed by atoms with Crippen LogP contribution in [0.2, 0.25) is 0 Å². The number of phenolic OH excluding ortho intramolecular Hbond substituents is 1. The predicted octanol–water partition coefficient (Wildman–Crippen LogP) is 1.97. The zero-order valence-corrected chi connectivity index (χ0v) is 13.8. The molecule has 1 aromatic heterocycles. The maximum atomic E-state index is 12.1. The van der Waals surface area contributed by atoms with Gasteiger partial charge in [-0.15, -0.1) is 0 Å². The van der Waals surface area contributed by atoms with Crippen molar-refractivity contribution in [3.63, 3.8) is 0 Å². The van der Waals surface area contributed by atoms with E-state index < -0.39 is 0 Å². The minimum Gasteiger partial charge on any atom is -0.508 e. The summed E-state index contributed by atoms with van der Waals surface area (Å²) < 4.78 is 6.13. The van der Waals surface area contributed by atoms with Crippen molar-refractivity contribution in [1.29, 1.82) is 0 Å². The first-order valence-electron chi connectivity index (χ1n) is 7.80. The van der Waals surface area contributed by atoms with Gasteiger partial charge in [0.15, 0.2) is 4.77 Å². The zero-order chi connectivity index (χ0) is 16.7. The maximum absolute atomic E-state index is 12.1. The average molecular weight is 343 g/mol. The van der Waals surface area contributed by atoms with Crippen LogP contribution in [-0.4, -0.2) is 39.7 Å². The van der Waals surface area contributed by atoms with Crippen LogP contribution in [-0.2, 0) is 13.0 Å². The molecule has 2 aliphatic rings. The zero-order valence-electron chi connectivity index (χ0n) is 13.0. The van der Waals surface area contributed by atoms with Crippen LogP contribution in [0.3, 0.4) is 0 Å². The molecule has 1 aromatic carbocycles. The van der Waals surface area contributed by atoms with Crippen LogP contribution in [0, 0.1) is 4.77 Å². The van der Waals surface area contributed by atoms with Crippen molar-refractivity contribution in [2.75, 3.05) is 19.7 Å². The van der Waals surface area contributed by atoms with Gasteiger partial charge in [0.1, 0.15) is 18.1 Å². The Bertz CT molecular complexity index is 945. The number of nitrogens with zero attached hydrogens (tertiary/aromatic N) is 1. The van der Waals surface area contributed by atoms with E-state index in [-0.39, 0.29) is 11.3 Å². The highest BCUT2D eigenvalue weighted by molar-refractivity contribution is 7.71. The molecule has 0 unspecified atom stereocenters. The van der Waals surface area contributed by atoms with Crippen molar-refractivity contribution in [3.8, 4) is 11.5 Å². The molecule has 124 valence electrons. The molecule has 0 bridgehead atoms. The summed E-state index contributed by atoms with van der Waals surface area (Å²) in [5, 5.41) is 9.61. The second-order valence-corrected chi connectivity index (χ2v) is 6.55. The third-order valence-electron chi connectivity index (χ3n) is 4.38. The van der Waals surface area contributed by atoms with Crippen molar-refractivity contribution < 1.29 is 9.84 Å². The number of fused-ring (bicyclic) bond motifs is 2. The minimum absolute atomic E-state index is 0.109. The smallest absolute Gasteiger partial charge is 0.256 e. The lowest BCUT2D eigenvalue weighted by Gasteiger charge is -2.29. The van der Waals surface area contributed by atoms with E-state index in [4.69, 9.17) is 17.0 Å². The molecule has 0 fully saturated rings. The summed E-state index contributed by atoms with van der Waals surface area (Å²) in [6, 6.07) is 5.09. The first-order valence-corrected chi connectivity index (χ1v) is 8.21. The van der Waals surface area contributed by atoms with Crippen LogP contribution >= 0.6 is 12.2 Å². The normalized spacial score (nSPS) is 16.8. The van der Waals surface area contributed by atoms with Crippen LogP contribution < -0.4 is 10.3 Å². The topological polar surface area (TPSA) is 81.4 Å². The summed E-state index contributed by atoms with van der Waals surface area (Å²) in [7, 11) is 0. The summed E-state index contributed by atoms with van der Waals surface area (Å²) in [5.74, 6) is 1.01. The van der Waals surface area contributed by atoms with Gasteiger partial charge in [-0.05, 0) is 42.1 Å². The highest BCUT2D eigenvalue weighted by atomic mass is 32.1. The van der Waals surface area contributed by atoms with E-state index in [9.17, 15) is 9.90 Å². The lowest BCUT2D eigenvalue weighted by molar-refractivity contribution is 0.254. The Balaban J connectivity index is 1.55. The molecular weight excluding hydrogens is 326 g/mol. The molecule has 0 saturated carbocycles. The Morgan fingerprint density at radius 1 is 1.33 bits per heavy atom. The molecule has 2 aliphatic heterocycles. The number of rotatable bonds is 2. The minimum atomic E-state index is -0.109. The highest BCUT2D eigenvalue weighted by Crippen LogP contribution is 2.30. The highest BCUT2D eigenvalue weighted by Gasteiger charge is 2.21. The van der Waals surface area contributed by atoms with Crippen molar-refractivity contribution in [3.05, 3.63) is 55.7 Å². The third kappa shape index (κ3) is 2.88. The van der Waals surface area contributed by atoms with Gasteiger partial charge in [0.05, 0.1) is 5.56 Å². The van der Waals surface area contributed by atoms with E-state index in [1.165, 1.54) is 0 Å². The number of H-pyrrole nitrogens is 2. The van der Waals surface area contributed by atoms with Crippen molar-refractivity contribution in [2.24, 2.45) is 0 Å². The summed E-state index contributed by atoms with van der Waals surface area (Å²) in [4.78, 5) is 20.0. The monoisotopic (exact) mass is 343 g/mol. The van der Waals surface area contributed by atoms with Crippen LogP contribution in [0.1, 0.15) is 16.8 Å². The van der Waals surface area contributed by atoms with Crippen LogP contribution in [0.5, 0.6) is 11.5 Å². The molecule has 0 spiro atoms. The predicted molar refractivity (Wildman–Crippen MR) is 92.8 cm³/mol. The molecule has 3 N–H and O–H groups in total. The van der Waals surface area contributed by atoms with E-state index >= 15 is 0 Å². The first-order chi connectivity index (χ1) is 11.6. The fraction of sp³-hybridized carbons (Fsp3) is 0.294. The van der Waals surface area contributed by atoms with Crippen LogP contribution in [0.25, 0.3) is 6.08 Å². The first kappa shape index (κ1) is 15.2. The van der Waals surface area contributed by atoms with Gasteiger partial charge >= 0.3 is 0 Å². The molecule has 0 atom stereocenters. The quantitative estimate of drug-likeness (QED) is 0.727. The molecule has 4 rings (SSSR count). The van der Waals surface area contributed by atoms with E-state index in [1.54, 1.807) is 18.2 Å². The molecule has 0 radical (unpaired) electrons. The Morgan fingerprint density at radius 2 is 2.21 bits per heavy atom. The average Bonchev–Trinajstić information content (AvgIpc) is 2.55. The van der Waals surface area contributed by atoms with Gasteiger partial charge in [0, 0.05) is 37.3 Å². The SMILES string of the molecule is O=c1[nH]c(=S)[nH]c2c1CN(CC1=Cc3cc(O)ccc3OC1)CC2. The summed E-state index contributed by atoms with van der Waals surface area (Å²) in [6.45, 7) is 2.69. The second kappa shape index (κ2) is 5.92. The fourth-order valence-electron chi connectivity index (χ4n) is 3.24. The molecule has 0 aliphatic carbocycles. The molecule has 0 saturated heterocycles. The van der Waals surface area contributed by atoms with Gasteiger partial charge in [0.2, 0.25) is 0 Å². The molecule has 24 heavy (non-hydrogen) atoms. The molecule has 7 heteroatoms. The fourth-order valence-corrected chi connectivity index (χ4v) is 3.45. The van der Waals surface area contributed by atoms with Crippen molar-refractivity contribution in [1.82, 2.24) is 14.9 Å². The van der Waals surface area contributed by atoms with Crippen molar-refractivity contribution in [2.45, 2.75) is 13.0 Å². The number of hydrogen-bond acceptors (Lipinski definition) is 5. The Kier molecular flexibility index (Phi) is 3.74. The van der Waals surface area contributed by atoms with Gasteiger partial charge in [-0.3, -0.25) is 14.7 Å². The lowest BCUT2D eigenvalue weighted by atomic mass is 10.0. The number of aromatic nitrogens is 2. The summed E-state index contributed by atoms with van der Waals surface area (Å²) >= 11 is 5.02. The second-order valence-electron chi connectivity index (χ2n) is 6.14. The Morgan fingerprint density at radius 3 is 3.08 bits per heavy atom. The number of benzene rings is 1. The van der Waals surface area contributed by atoms with Gasteiger partial charge in [-0.2, -0.15) is 0 Å². The molecule has 3 heterocycles. The third-order valence-corrected chi connectivity index (χ3v) is 4.59. The largest absolute Gasteiger partial charge is 0.508 e. The van der Waals surface area contributed by atoms with Gasteiger partial charge in [-0.25, -0.2) is 0 Å². The van der Waals surface area contributed by atoms with E-state index in [0.29, 0.717) is 17.9 Å². The van der Waals surface area contributed by atoms with Crippen LogP contribution in [0.4, 0.5) is 0 Å². The van der Waals surface area contributed by atoms with Gasteiger partial charge < -0.3 is 14.8 Å². The number of nitrogens with one attached hydrogen (secondary N) is 2.